The number of amides is 1. The lowest BCUT2D eigenvalue weighted by atomic mass is 9.67. The summed E-state index contributed by atoms with van der Waals surface area (Å²) in [6, 6.07) is 8.10. The summed E-state index contributed by atoms with van der Waals surface area (Å²) in [6.45, 7) is 4.78. The second kappa shape index (κ2) is 7.95. The molecule has 1 aromatic heterocycles. The van der Waals surface area contributed by atoms with E-state index < -0.39 is 0 Å². The molecule has 1 amide bonds. The van der Waals surface area contributed by atoms with Crippen LogP contribution in [0.5, 0.6) is 5.75 Å². The average Bonchev–Trinajstić information content (AvgIpc) is 3.37. The van der Waals surface area contributed by atoms with Crippen LogP contribution >= 0.6 is 0 Å². The van der Waals surface area contributed by atoms with Gasteiger partial charge in [0.1, 0.15) is 17.9 Å². The van der Waals surface area contributed by atoms with Gasteiger partial charge in [0.05, 0.1) is 12.5 Å². The summed E-state index contributed by atoms with van der Waals surface area (Å²) in [6.07, 6.45) is 11.0. The van der Waals surface area contributed by atoms with Gasteiger partial charge in [-0.3, -0.25) is 4.79 Å². The molecule has 0 N–H and O–H groups in total. The van der Waals surface area contributed by atoms with Gasteiger partial charge in [0, 0.05) is 25.6 Å². The van der Waals surface area contributed by atoms with E-state index in [0.717, 1.165) is 56.0 Å². The predicted molar refractivity (Wildman–Crippen MR) is 119 cm³/mol. The first-order chi connectivity index (χ1) is 15.1. The molecule has 3 aliphatic rings. The molecule has 0 radical (unpaired) electrons. The largest absolute Gasteiger partial charge is 0.497 e. The van der Waals surface area contributed by atoms with Crippen molar-refractivity contribution in [2.75, 3.05) is 20.2 Å². The molecule has 3 fully saturated rings. The first-order valence-corrected chi connectivity index (χ1v) is 11.9. The van der Waals surface area contributed by atoms with Crippen molar-refractivity contribution >= 4 is 5.91 Å². The van der Waals surface area contributed by atoms with Crippen LogP contribution in [-0.2, 0) is 16.8 Å². The van der Waals surface area contributed by atoms with Crippen LogP contribution in [0.4, 0.5) is 0 Å². The maximum absolute atomic E-state index is 13.9. The Hall–Kier alpha value is -2.37. The van der Waals surface area contributed by atoms with Crippen molar-refractivity contribution in [1.29, 1.82) is 0 Å². The Labute approximate surface area is 185 Å². The van der Waals surface area contributed by atoms with E-state index in [1.54, 1.807) is 7.11 Å². The summed E-state index contributed by atoms with van der Waals surface area (Å²) in [5.41, 5.74) is 0.949. The third-order valence-corrected chi connectivity index (χ3v) is 8.01. The van der Waals surface area contributed by atoms with E-state index in [9.17, 15) is 4.79 Å². The highest BCUT2D eigenvalue weighted by Gasteiger charge is 2.57. The molecule has 2 saturated carbocycles. The van der Waals surface area contributed by atoms with Crippen molar-refractivity contribution in [1.82, 2.24) is 19.7 Å². The fourth-order valence-electron chi connectivity index (χ4n) is 6.15. The van der Waals surface area contributed by atoms with Gasteiger partial charge in [0.25, 0.3) is 0 Å². The van der Waals surface area contributed by atoms with Crippen molar-refractivity contribution in [3.8, 4) is 5.75 Å². The first kappa shape index (κ1) is 20.5. The Kier molecular flexibility index (Phi) is 5.27. The summed E-state index contributed by atoms with van der Waals surface area (Å²) in [4.78, 5) is 16.1. The number of ether oxygens (including phenoxy) is 1. The van der Waals surface area contributed by atoms with Crippen LogP contribution in [0.2, 0.25) is 0 Å². The van der Waals surface area contributed by atoms with E-state index >= 15 is 0 Å². The summed E-state index contributed by atoms with van der Waals surface area (Å²) >= 11 is 0. The molecule has 166 valence electrons. The number of carbonyl (C=O) groups excluding carboxylic acids is 1. The Morgan fingerprint density at radius 1 is 1.13 bits per heavy atom. The summed E-state index contributed by atoms with van der Waals surface area (Å²) in [5.74, 6) is 2.53. The molecular weight excluding hydrogens is 388 g/mol. The highest BCUT2D eigenvalue weighted by atomic mass is 16.5. The molecule has 1 aliphatic heterocycles. The molecule has 1 saturated heterocycles. The number of carbonyl (C=O) groups is 1. The number of aromatic nitrogens is 3. The zero-order valence-corrected chi connectivity index (χ0v) is 18.8. The maximum atomic E-state index is 13.9. The molecule has 1 unspecified atom stereocenters. The molecule has 1 aromatic carbocycles. The zero-order chi connectivity index (χ0) is 21.5. The smallest absolute Gasteiger partial charge is 0.233 e. The molecule has 1 atom stereocenters. The molecule has 31 heavy (non-hydrogen) atoms. The van der Waals surface area contributed by atoms with Gasteiger partial charge in [-0.2, -0.15) is 0 Å². The van der Waals surface area contributed by atoms with Crippen LogP contribution < -0.4 is 4.74 Å². The molecule has 6 heteroatoms. The maximum Gasteiger partial charge on any atom is 0.233 e. The SMILES string of the molecule is CCCn1cnnc1C1CN(C(=O)C2(c3ccc(OC)cc3)CC2)CC12CCCCC2. The van der Waals surface area contributed by atoms with E-state index in [4.69, 9.17) is 4.74 Å². The van der Waals surface area contributed by atoms with E-state index in [2.05, 4.69) is 38.7 Å². The first-order valence-electron chi connectivity index (χ1n) is 11.9. The Bertz CT molecular complexity index is 925. The van der Waals surface area contributed by atoms with Crippen LogP contribution in [0, 0.1) is 5.41 Å². The molecular formula is C25H34N4O2. The highest BCUT2D eigenvalue weighted by Crippen LogP contribution is 2.55. The molecule has 5 rings (SSSR count). The topological polar surface area (TPSA) is 60.2 Å². The second-order valence-corrected chi connectivity index (χ2v) is 9.85. The van der Waals surface area contributed by atoms with Gasteiger partial charge in [-0.25, -0.2) is 0 Å². The fourth-order valence-corrected chi connectivity index (χ4v) is 6.15. The van der Waals surface area contributed by atoms with Gasteiger partial charge >= 0.3 is 0 Å². The third kappa shape index (κ3) is 3.44. The fraction of sp³-hybridized carbons (Fsp3) is 0.640. The summed E-state index contributed by atoms with van der Waals surface area (Å²) in [5, 5.41) is 8.83. The quantitative estimate of drug-likeness (QED) is 0.696. The number of rotatable bonds is 6. The molecule has 0 bridgehead atoms. The minimum absolute atomic E-state index is 0.155. The van der Waals surface area contributed by atoms with E-state index in [1.165, 1.54) is 32.1 Å². The normalized spacial score (nSPS) is 23.8. The minimum Gasteiger partial charge on any atom is -0.497 e. The lowest BCUT2D eigenvalue weighted by Gasteiger charge is -2.37. The van der Waals surface area contributed by atoms with Crippen LogP contribution in [0.1, 0.15) is 75.6 Å². The van der Waals surface area contributed by atoms with Crippen LogP contribution in [0.3, 0.4) is 0 Å². The summed E-state index contributed by atoms with van der Waals surface area (Å²) in [7, 11) is 1.68. The van der Waals surface area contributed by atoms with Gasteiger partial charge in [0.2, 0.25) is 5.91 Å². The Morgan fingerprint density at radius 2 is 1.87 bits per heavy atom. The number of hydrogen-bond donors (Lipinski definition) is 0. The molecule has 2 heterocycles. The minimum atomic E-state index is -0.339. The average molecular weight is 423 g/mol. The highest BCUT2D eigenvalue weighted by molar-refractivity contribution is 5.91. The van der Waals surface area contributed by atoms with Crippen LogP contribution in [0.25, 0.3) is 0 Å². The van der Waals surface area contributed by atoms with Crippen molar-refractivity contribution in [3.63, 3.8) is 0 Å². The van der Waals surface area contributed by atoms with E-state index in [0.29, 0.717) is 5.91 Å². The van der Waals surface area contributed by atoms with E-state index in [1.807, 2.05) is 18.5 Å². The number of aryl methyl sites for hydroxylation is 1. The van der Waals surface area contributed by atoms with Gasteiger partial charge in [-0.05, 0) is 55.2 Å². The van der Waals surface area contributed by atoms with Gasteiger partial charge < -0.3 is 14.2 Å². The number of methoxy groups -OCH3 is 1. The van der Waals surface area contributed by atoms with Gasteiger partial charge in [-0.15, -0.1) is 10.2 Å². The monoisotopic (exact) mass is 422 g/mol. The van der Waals surface area contributed by atoms with Crippen molar-refractivity contribution in [3.05, 3.63) is 42.0 Å². The Morgan fingerprint density at radius 3 is 2.52 bits per heavy atom. The number of nitrogens with zero attached hydrogens (tertiary/aromatic N) is 4. The van der Waals surface area contributed by atoms with E-state index in [-0.39, 0.29) is 16.7 Å². The number of likely N-dealkylation sites (tertiary alicyclic amines) is 1. The lowest BCUT2D eigenvalue weighted by Crippen LogP contribution is -2.39. The van der Waals surface area contributed by atoms with Gasteiger partial charge in [0.15, 0.2) is 0 Å². The van der Waals surface area contributed by atoms with Crippen LogP contribution in [0.15, 0.2) is 30.6 Å². The molecule has 2 aliphatic carbocycles. The number of benzene rings is 1. The Balaban J connectivity index is 1.43. The zero-order valence-electron chi connectivity index (χ0n) is 18.8. The molecule has 2 aromatic rings. The second-order valence-electron chi connectivity index (χ2n) is 9.85. The number of hydrogen-bond acceptors (Lipinski definition) is 4. The molecule has 1 spiro atoms. The predicted octanol–water partition coefficient (Wildman–Crippen LogP) is 4.30. The summed E-state index contributed by atoms with van der Waals surface area (Å²) < 4.78 is 7.54. The van der Waals surface area contributed by atoms with Crippen LogP contribution in [-0.4, -0.2) is 45.8 Å². The van der Waals surface area contributed by atoms with Gasteiger partial charge in [-0.1, -0.05) is 38.3 Å². The van der Waals surface area contributed by atoms with Crippen molar-refractivity contribution in [2.24, 2.45) is 5.41 Å². The van der Waals surface area contributed by atoms with Crippen molar-refractivity contribution < 1.29 is 9.53 Å². The standard InChI is InChI=1S/C25H34N4O2/c1-3-15-28-18-26-27-22(28)21-16-29(17-24(21)11-5-4-6-12-24)23(30)25(13-14-25)19-7-9-20(31-2)10-8-19/h7-10,18,21H,3-6,11-17H2,1-2H3. The van der Waals surface area contributed by atoms with Crippen molar-refractivity contribution in [2.45, 2.75) is 76.2 Å². The lowest BCUT2D eigenvalue weighted by molar-refractivity contribution is -0.133. The third-order valence-electron chi connectivity index (χ3n) is 8.01. The molecule has 6 nitrogen and oxygen atoms in total.